The molecule has 5 aromatic rings. The van der Waals surface area contributed by atoms with Crippen molar-refractivity contribution in [1.29, 1.82) is 5.26 Å². The fraction of sp³-hybridized carbons (Fsp3) is 0.0323. The molecule has 0 aliphatic heterocycles. The third kappa shape index (κ3) is 5.07. The molecule has 0 bridgehead atoms. The maximum absolute atomic E-state index is 13.1. The second-order valence-electron chi connectivity index (χ2n) is 8.61. The summed E-state index contributed by atoms with van der Waals surface area (Å²) < 4.78 is 0. The van der Waals surface area contributed by atoms with E-state index in [1.165, 1.54) is 0 Å². The van der Waals surface area contributed by atoms with Crippen LogP contribution in [0, 0.1) is 18.3 Å². The van der Waals surface area contributed by atoms with Gasteiger partial charge in [0.25, 0.3) is 11.8 Å². The van der Waals surface area contributed by atoms with E-state index in [1.54, 1.807) is 54.9 Å². The Balaban J connectivity index is 1.36. The van der Waals surface area contributed by atoms with E-state index >= 15 is 0 Å². The van der Waals surface area contributed by atoms with Crippen LogP contribution in [0.5, 0.6) is 0 Å². The quantitative estimate of drug-likeness (QED) is 0.296. The molecule has 178 valence electrons. The lowest BCUT2D eigenvalue weighted by Gasteiger charge is -2.12. The Morgan fingerprint density at radius 3 is 2.38 bits per heavy atom. The first-order valence-electron chi connectivity index (χ1n) is 11.7. The summed E-state index contributed by atoms with van der Waals surface area (Å²) in [6.45, 7) is 1.98. The van der Waals surface area contributed by atoms with Gasteiger partial charge in [0, 0.05) is 45.7 Å². The number of hydrogen-bond donors (Lipinski definition) is 2. The summed E-state index contributed by atoms with van der Waals surface area (Å²) in [5, 5.41) is 16.8. The summed E-state index contributed by atoms with van der Waals surface area (Å²) in [4.78, 5) is 29.9. The van der Waals surface area contributed by atoms with Crippen LogP contribution in [0.15, 0.2) is 103 Å². The molecule has 37 heavy (non-hydrogen) atoms. The summed E-state index contributed by atoms with van der Waals surface area (Å²) in [6.07, 6.45) is 3.47. The monoisotopic (exact) mass is 482 g/mol. The third-order valence-corrected chi connectivity index (χ3v) is 6.14. The van der Waals surface area contributed by atoms with Crippen molar-refractivity contribution in [2.75, 3.05) is 10.6 Å². The summed E-state index contributed by atoms with van der Waals surface area (Å²) in [7, 11) is 0. The van der Waals surface area contributed by atoms with Crippen LogP contribution in [0.2, 0.25) is 0 Å². The maximum atomic E-state index is 13.1. The van der Waals surface area contributed by atoms with Crippen molar-refractivity contribution >= 4 is 34.0 Å². The van der Waals surface area contributed by atoms with Gasteiger partial charge in [-0.05, 0) is 78.2 Å². The van der Waals surface area contributed by atoms with E-state index in [2.05, 4.69) is 21.7 Å². The van der Waals surface area contributed by atoms with Crippen molar-refractivity contribution in [2.24, 2.45) is 0 Å². The van der Waals surface area contributed by atoms with E-state index < -0.39 is 0 Å². The molecule has 4 aromatic carbocycles. The van der Waals surface area contributed by atoms with Crippen molar-refractivity contribution in [3.8, 4) is 17.2 Å². The molecule has 0 saturated carbocycles. The number of aromatic nitrogens is 1. The van der Waals surface area contributed by atoms with Gasteiger partial charge in [-0.25, -0.2) is 0 Å². The maximum Gasteiger partial charge on any atom is 0.255 e. The van der Waals surface area contributed by atoms with Gasteiger partial charge in [0.1, 0.15) is 0 Å². The average molecular weight is 483 g/mol. The number of carbonyl (C=O) groups is 2. The number of hydrogen-bond acceptors (Lipinski definition) is 4. The number of nitrogens with zero attached hydrogens (tertiary/aromatic N) is 2. The molecule has 2 N–H and O–H groups in total. The van der Waals surface area contributed by atoms with Crippen LogP contribution in [0.4, 0.5) is 11.4 Å². The number of nitrogens with one attached hydrogen (secondary N) is 2. The highest BCUT2D eigenvalue weighted by Gasteiger charge is 2.13. The van der Waals surface area contributed by atoms with E-state index in [1.807, 2.05) is 55.5 Å². The molecule has 0 aliphatic rings. The predicted octanol–water partition coefficient (Wildman–Crippen LogP) is 6.59. The summed E-state index contributed by atoms with van der Waals surface area (Å²) in [5.41, 5.74) is 5.60. The van der Waals surface area contributed by atoms with Crippen LogP contribution < -0.4 is 10.6 Å². The molecule has 5 rings (SSSR count). The van der Waals surface area contributed by atoms with Gasteiger partial charge in [-0.15, -0.1) is 0 Å². The third-order valence-electron chi connectivity index (χ3n) is 6.14. The SMILES string of the molecule is Cc1ccc(C(=O)Nc2cccc3cnccc23)cc1-c1ccc(C(=O)Nc2cccc(C#N)c2)cc1. The number of benzene rings is 4. The second kappa shape index (κ2) is 10.1. The van der Waals surface area contributed by atoms with Crippen molar-refractivity contribution in [1.82, 2.24) is 4.98 Å². The summed E-state index contributed by atoms with van der Waals surface area (Å²) in [6, 6.07) is 29.2. The van der Waals surface area contributed by atoms with Gasteiger partial charge < -0.3 is 10.6 Å². The van der Waals surface area contributed by atoms with Crippen molar-refractivity contribution < 1.29 is 9.59 Å². The standard InChI is InChI=1S/C31H22N4O2/c1-20-8-9-24(31(37)35-29-7-3-5-25-19-33-15-14-27(25)29)17-28(20)22-10-12-23(13-11-22)30(36)34-26-6-2-4-21(16-26)18-32/h2-17,19H,1H3,(H,34,36)(H,35,37). The number of rotatable bonds is 5. The Hall–Kier alpha value is -5.28. The number of amides is 2. The van der Waals surface area contributed by atoms with E-state index in [0.29, 0.717) is 22.4 Å². The zero-order valence-corrected chi connectivity index (χ0v) is 20.0. The molecule has 0 atom stereocenters. The van der Waals surface area contributed by atoms with Crippen LogP contribution >= 0.6 is 0 Å². The molecule has 0 spiro atoms. The van der Waals surface area contributed by atoms with Gasteiger partial charge in [-0.3, -0.25) is 14.6 Å². The molecule has 1 aromatic heterocycles. The zero-order chi connectivity index (χ0) is 25.8. The molecule has 6 heteroatoms. The Morgan fingerprint density at radius 1 is 0.811 bits per heavy atom. The molecular formula is C31H22N4O2. The molecule has 2 amide bonds. The Labute approximate surface area is 214 Å². The molecule has 0 radical (unpaired) electrons. The largest absolute Gasteiger partial charge is 0.322 e. The van der Waals surface area contributed by atoms with Crippen LogP contribution in [0.25, 0.3) is 21.9 Å². The molecular weight excluding hydrogens is 460 g/mol. The molecule has 1 heterocycles. The van der Waals surface area contributed by atoms with Gasteiger partial charge >= 0.3 is 0 Å². The van der Waals surface area contributed by atoms with E-state index in [0.717, 1.165) is 33.2 Å². The normalized spacial score (nSPS) is 10.5. The Morgan fingerprint density at radius 2 is 1.57 bits per heavy atom. The Kier molecular flexibility index (Phi) is 6.43. The minimum atomic E-state index is -0.267. The average Bonchev–Trinajstić information content (AvgIpc) is 2.93. The molecule has 0 unspecified atom stereocenters. The smallest absolute Gasteiger partial charge is 0.255 e. The van der Waals surface area contributed by atoms with Crippen molar-refractivity contribution in [3.63, 3.8) is 0 Å². The molecule has 6 nitrogen and oxygen atoms in total. The van der Waals surface area contributed by atoms with Crippen LogP contribution in [-0.4, -0.2) is 16.8 Å². The number of carbonyl (C=O) groups excluding carboxylic acids is 2. The zero-order valence-electron chi connectivity index (χ0n) is 20.0. The minimum Gasteiger partial charge on any atom is -0.322 e. The van der Waals surface area contributed by atoms with Gasteiger partial charge in [0.05, 0.1) is 11.6 Å². The fourth-order valence-corrected chi connectivity index (χ4v) is 4.17. The minimum absolute atomic E-state index is 0.207. The lowest BCUT2D eigenvalue weighted by Crippen LogP contribution is -2.12. The highest BCUT2D eigenvalue weighted by Crippen LogP contribution is 2.27. The van der Waals surface area contributed by atoms with Gasteiger partial charge in [-0.2, -0.15) is 5.26 Å². The number of pyridine rings is 1. The van der Waals surface area contributed by atoms with Crippen LogP contribution in [-0.2, 0) is 0 Å². The number of fused-ring (bicyclic) bond motifs is 1. The van der Waals surface area contributed by atoms with Crippen LogP contribution in [0.1, 0.15) is 31.8 Å². The number of anilines is 2. The van der Waals surface area contributed by atoms with Crippen molar-refractivity contribution in [2.45, 2.75) is 6.92 Å². The molecule has 0 saturated heterocycles. The predicted molar refractivity (Wildman–Crippen MR) is 145 cm³/mol. The first kappa shape index (κ1) is 23.5. The highest BCUT2D eigenvalue weighted by atomic mass is 16.2. The van der Waals surface area contributed by atoms with E-state index in [9.17, 15) is 9.59 Å². The van der Waals surface area contributed by atoms with Gasteiger partial charge in [0.2, 0.25) is 0 Å². The lowest BCUT2D eigenvalue weighted by atomic mass is 9.97. The van der Waals surface area contributed by atoms with Gasteiger partial charge in [0.15, 0.2) is 0 Å². The lowest BCUT2D eigenvalue weighted by molar-refractivity contribution is 0.101. The van der Waals surface area contributed by atoms with Gasteiger partial charge in [-0.1, -0.05) is 36.4 Å². The highest BCUT2D eigenvalue weighted by molar-refractivity contribution is 6.09. The van der Waals surface area contributed by atoms with E-state index in [4.69, 9.17) is 5.26 Å². The molecule has 0 aliphatic carbocycles. The Bertz CT molecular complexity index is 1680. The first-order chi connectivity index (χ1) is 18.0. The van der Waals surface area contributed by atoms with Crippen molar-refractivity contribution in [3.05, 3.63) is 126 Å². The topological polar surface area (TPSA) is 94.9 Å². The number of nitriles is 1. The van der Waals surface area contributed by atoms with Crippen LogP contribution in [0.3, 0.4) is 0 Å². The van der Waals surface area contributed by atoms with E-state index in [-0.39, 0.29) is 11.8 Å². The first-order valence-corrected chi connectivity index (χ1v) is 11.7. The fourth-order valence-electron chi connectivity index (χ4n) is 4.17. The number of aryl methyl sites for hydroxylation is 1. The molecule has 0 fully saturated rings. The summed E-state index contributed by atoms with van der Waals surface area (Å²) in [5.74, 6) is -0.474. The summed E-state index contributed by atoms with van der Waals surface area (Å²) >= 11 is 0. The second-order valence-corrected chi connectivity index (χ2v) is 8.61.